The Kier molecular flexibility index (Phi) is 3.45. The summed E-state index contributed by atoms with van der Waals surface area (Å²) in [6.07, 6.45) is 6.92. The Hall–Kier alpha value is -1.50. The van der Waals surface area contributed by atoms with E-state index in [1.54, 1.807) is 0 Å². The molecule has 0 aliphatic carbocycles. The molecule has 1 aromatic rings. The first kappa shape index (κ1) is 11.0. The van der Waals surface area contributed by atoms with Crippen LogP contribution in [0.4, 0.5) is 0 Å². The van der Waals surface area contributed by atoms with Crippen LogP contribution in [0.25, 0.3) is 0 Å². The molecular formula is C13H16N2O. The van der Waals surface area contributed by atoms with Gasteiger partial charge in [0.15, 0.2) is 0 Å². The summed E-state index contributed by atoms with van der Waals surface area (Å²) in [5.41, 5.74) is 4.01. The minimum absolute atomic E-state index is 0.123. The van der Waals surface area contributed by atoms with Crippen molar-refractivity contribution in [3.63, 3.8) is 0 Å². The van der Waals surface area contributed by atoms with Gasteiger partial charge in [0.1, 0.15) is 5.75 Å². The van der Waals surface area contributed by atoms with E-state index < -0.39 is 0 Å². The Morgan fingerprint density at radius 2 is 2.38 bits per heavy atom. The molecule has 0 spiro atoms. The van der Waals surface area contributed by atoms with Gasteiger partial charge in [-0.15, -0.1) is 12.3 Å². The van der Waals surface area contributed by atoms with Crippen LogP contribution >= 0.6 is 0 Å². The first-order valence-electron chi connectivity index (χ1n) is 5.45. The minimum Gasteiger partial charge on any atom is -0.493 e. The molecule has 1 aliphatic rings. The van der Waals surface area contributed by atoms with Crippen molar-refractivity contribution in [1.82, 2.24) is 5.43 Å². The number of terminal acetylenes is 1. The average molecular weight is 216 g/mol. The molecule has 3 nitrogen and oxygen atoms in total. The van der Waals surface area contributed by atoms with Gasteiger partial charge in [0, 0.05) is 18.4 Å². The zero-order chi connectivity index (χ0) is 11.4. The van der Waals surface area contributed by atoms with Crippen molar-refractivity contribution in [3.05, 3.63) is 29.8 Å². The smallest absolute Gasteiger partial charge is 0.122 e. The van der Waals surface area contributed by atoms with Gasteiger partial charge in [-0.3, -0.25) is 11.3 Å². The summed E-state index contributed by atoms with van der Waals surface area (Å²) < 4.78 is 5.70. The molecule has 0 fully saturated rings. The fourth-order valence-electron chi connectivity index (χ4n) is 2.10. The molecule has 3 heteroatoms. The summed E-state index contributed by atoms with van der Waals surface area (Å²) in [6.45, 7) is 0.674. The van der Waals surface area contributed by atoms with Crippen LogP contribution in [-0.4, -0.2) is 12.6 Å². The van der Waals surface area contributed by atoms with E-state index >= 15 is 0 Å². The highest BCUT2D eigenvalue weighted by molar-refractivity contribution is 5.35. The molecule has 0 radical (unpaired) electrons. The van der Waals surface area contributed by atoms with Crippen LogP contribution in [0.1, 0.15) is 12.0 Å². The van der Waals surface area contributed by atoms with Gasteiger partial charge in [0.05, 0.1) is 6.61 Å². The SMILES string of the molecule is C#CCC(NN)C1COc2ccccc2C1. The third-order valence-electron chi connectivity index (χ3n) is 3.03. The zero-order valence-corrected chi connectivity index (χ0v) is 9.15. The second-order valence-corrected chi connectivity index (χ2v) is 4.06. The molecule has 0 saturated carbocycles. The maximum atomic E-state index is 5.70. The standard InChI is InChI=1S/C13H16N2O/c1-2-5-12(15-14)11-8-10-6-3-4-7-13(10)16-9-11/h1,3-4,6-7,11-12,15H,5,8-9,14H2. The number of hydrogen-bond acceptors (Lipinski definition) is 3. The zero-order valence-electron chi connectivity index (χ0n) is 9.15. The fraction of sp³-hybridized carbons (Fsp3) is 0.385. The Balaban J connectivity index is 2.10. The van der Waals surface area contributed by atoms with Gasteiger partial charge in [0.25, 0.3) is 0 Å². The Morgan fingerprint density at radius 1 is 1.56 bits per heavy atom. The first-order valence-corrected chi connectivity index (χ1v) is 5.45. The van der Waals surface area contributed by atoms with E-state index in [1.165, 1.54) is 5.56 Å². The van der Waals surface area contributed by atoms with Crippen LogP contribution in [0.15, 0.2) is 24.3 Å². The highest BCUT2D eigenvalue weighted by Crippen LogP contribution is 2.28. The van der Waals surface area contributed by atoms with E-state index in [2.05, 4.69) is 17.4 Å². The lowest BCUT2D eigenvalue weighted by atomic mass is 9.89. The third kappa shape index (κ3) is 2.19. The number of nitrogens with two attached hydrogens (primary N) is 1. The molecule has 3 N–H and O–H groups in total. The van der Waals surface area contributed by atoms with Crippen molar-refractivity contribution in [2.75, 3.05) is 6.61 Å². The number of ether oxygens (including phenoxy) is 1. The monoisotopic (exact) mass is 216 g/mol. The maximum absolute atomic E-state index is 5.70. The molecule has 1 aliphatic heterocycles. The lowest BCUT2D eigenvalue weighted by molar-refractivity contribution is 0.185. The van der Waals surface area contributed by atoms with Crippen LogP contribution < -0.4 is 16.0 Å². The molecule has 16 heavy (non-hydrogen) atoms. The van der Waals surface area contributed by atoms with Crippen LogP contribution in [0.5, 0.6) is 5.75 Å². The third-order valence-corrected chi connectivity index (χ3v) is 3.03. The van der Waals surface area contributed by atoms with Crippen LogP contribution in [-0.2, 0) is 6.42 Å². The maximum Gasteiger partial charge on any atom is 0.122 e. The Labute approximate surface area is 96.0 Å². The summed E-state index contributed by atoms with van der Waals surface area (Å²) >= 11 is 0. The topological polar surface area (TPSA) is 47.3 Å². The molecule has 2 atom stereocenters. The molecule has 0 bridgehead atoms. The Morgan fingerprint density at radius 3 is 3.12 bits per heavy atom. The van der Waals surface area contributed by atoms with Crippen molar-refractivity contribution in [2.45, 2.75) is 18.9 Å². The van der Waals surface area contributed by atoms with E-state index in [1.807, 2.05) is 18.2 Å². The normalized spacial score (nSPS) is 20.4. The van der Waals surface area contributed by atoms with Gasteiger partial charge < -0.3 is 4.74 Å². The molecule has 2 rings (SSSR count). The second-order valence-electron chi connectivity index (χ2n) is 4.06. The molecule has 84 valence electrons. The van der Waals surface area contributed by atoms with Crippen LogP contribution in [0, 0.1) is 18.3 Å². The second kappa shape index (κ2) is 5.02. The largest absolute Gasteiger partial charge is 0.493 e. The number of benzene rings is 1. The highest BCUT2D eigenvalue weighted by atomic mass is 16.5. The summed E-state index contributed by atoms with van der Waals surface area (Å²) in [4.78, 5) is 0. The molecule has 0 aromatic heterocycles. The fourth-order valence-corrected chi connectivity index (χ4v) is 2.10. The van der Waals surface area contributed by atoms with E-state index in [4.69, 9.17) is 17.0 Å². The van der Waals surface area contributed by atoms with E-state index in [0.717, 1.165) is 12.2 Å². The molecule has 1 aromatic carbocycles. The van der Waals surface area contributed by atoms with Crippen molar-refractivity contribution < 1.29 is 4.74 Å². The number of rotatable bonds is 3. The van der Waals surface area contributed by atoms with Gasteiger partial charge in [-0.1, -0.05) is 18.2 Å². The number of para-hydroxylation sites is 1. The summed E-state index contributed by atoms with van der Waals surface area (Å²) in [6, 6.07) is 8.22. The van der Waals surface area contributed by atoms with Gasteiger partial charge in [-0.25, -0.2) is 0 Å². The predicted octanol–water partition coefficient (Wildman–Crippen LogP) is 1.09. The predicted molar refractivity (Wildman–Crippen MR) is 63.7 cm³/mol. The molecule has 0 amide bonds. The highest BCUT2D eigenvalue weighted by Gasteiger charge is 2.25. The van der Waals surface area contributed by atoms with E-state index in [0.29, 0.717) is 18.9 Å². The molecular weight excluding hydrogens is 200 g/mol. The summed E-state index contributed by atoms with van der Waals surface area (Å²) in [5.74, 6) is 9.48. The quantitative estimate of drug-likeness (QED) is 0.452. The summed E-state index contributed by atoms with van der Waals surface area (Å²) in [7, 11) is 0. The lowest BCUT2D eigenvalue weighted by Gasteiger charge is -2.30. The number of fused-ring (bicyclic) bond motifs is 1. The van der Waals surface area contributed by atoms with Crippen LogP contribution in [0.2, 0.25) is 0 Å². The van der Waals surface area contributed by atoms with Gasteiger partial charge >= 0.3 is 0 Å². The van der Waals surface area contributed by atoms with Gasteiger partial charge in [-0.05, 0) is 18.1 Å². The van der Waals surface area contributed by atoms with Crippen molar-refractivity contribution in [2.24, 2.45) is 11.8 Å². The van der Waals surface area contributed by atoms with E-state index in [-0.39, 0.29) is 6.04 Å². The van der Waals surface area contributed by atoms with Crippen molar-refractivity contribution >= 4 is 0 Å². The molecule has 2 unspecified atom stereocenters. The van der Waals surface area contributed by atoms with Crippen molar-refractivity contribution in [1.29, 1.82) is 0 Å². The van der Waals surface area contributed by atoms with Gasteiger partial charge in [0.2, 0.25) is 0 Å². The molecule has 0 saturated heterocycles. The summed E-state index contributed by atoms with van der Waals surface area (Å²) in [5, 5.41) is 0. The van der Waals surface area contributed by atoms with E-state index in [9.17, 15) is 0 Å². The Bertz CT molecular complexity index is 397. The average Bonchev–Trinajstić information content (AvgIpc) is 2.35. The number of nitrogens with one attached hydrogen (secondary N) is 1. The van der Waals surface area contributed by atoms with Crippen molar-refractivity contribution in [3.8, 4) is 18.1 Å². The number of hydrazine groups is 1. The lowest BCUT2D eigenvalue weighted by Crippen LogP contribution is -2.44. The molecule has 1 heterocycles. The minimum atomic E-state index is 0.123. The van der Waals surface area contributed by atoms with Crippen LogP contribution in [0.3, 0.4) is 0 Å². The number of hydrogen-bond donors (Lipinski definition) is 2. The first-order chi connectivity index (χ1) is 7.85. The van der Waals surface area contributed by atoms with Gasteiger partial charge in [-0.2, -0.15) is 0 Å².